The highest BCUT2D eigenvalue weighted by molar-refractivity contribution is 5.78. The molecule has 1 aromatic heterocycles. The Hall–Kier alpha value is -2.95. The van der Waals surface area contributed by atoms with E-state index in [0.717, 1.165) is 11.1 Å². The van der Waals surface area contributed by atoms with Crippen LogP contribution in [-0.4, -0.2) is 15.5 Å². The van der Waals surface area contributed by atoms with Gasteiger partial charge in [-0.3, -0.25) is 9.36 Å². The molecule has 0 amide bonds. The van der Waals surface area contributed by atoms with Crippen molar-refractivity contribution in [2.75, 3.05) is 0 Å². The van der Waals surface area contributed by atoms with Gasteiger partial charge >= 0.3 is 5.97 Å². The van der Waals surface area contributed by atoms with Crippen LogP contribution in [0.1, 0.15) is 11.1 Å². The summed E-state index contributed by atoms with van der Waals surface area (Å²) in [6.07, 6.45) is 1.37. The zero-order chi connectivity index (χ0) is 16.4. The molecule has 0 aliphatic carbocycles. The topological polar surface area (TPSA) is 61.2 Å². The molecule has 5 nitrogen and oxygen atoms in total. The Morgan fingerprint density at radius 2 is 1.78 bits per heavy atom. The van der Waals surface area contributed by atoms with Gasteiger partial charge in [-0.1, -0.05) is 30.3 Å². The Morgan fingerprint density at radius 3 is 2.52 bits per heavy atom. The zero-order valence-corrected chi connectivity index (χ0v) is 12.9. The highest BCUT2D eigenvalue weighted by atomic mass is 16.5. The molecular weight excluding hydrogens is 292 g/mol. The Kier molecular flexibility index (Phi) is 3.93. The fraction of sp³-hybridized carbons (Fsp3) is 0.167. The van der Waals surface area contributed by atoms with Crippen molar-refractivity contribution in [3.05, 3.63) is 70.3 Å². The molecular formula is C18H16N2O3. The number of benzene rings is 2. The van der Waals surface area contributed by atoms with E-state index in [2.05, 4.69) is 4.98 Å². The van der Waals surface area contributed by atoms with Gasteiger partial charge in [0.25, 0.3) is 5.56 Å². The number of fused-ring (bicyclic) bond motifs is 1. The van der Waals surface area contributed by atoms with Gasteiger partial charge in [0, 0.05) is 0 Å². The predicted octanol–water partition coefficient (Wildman–Crippen LogP) is 2.62. The van der Waals surface area contributed by atoms with Crippen molar-refractivity contribution in [2.45, 2.75) is 20.4 Å². The molecule has 0 saturated carbocycles. The van der Waals surface area contributed by atoms with Gasteiger partial charge in [-0.15, -0.1) is 0 Å². The summed E-state index contributed by atoms with van der Waals surface area (Å²) in [6, 6.07) is 12.7. The van der Waals surface area contributed by atoms with Crippen molar-refractivity contribution in [3.8, 4) is 5.75 Å². The van der Waals surface area contributed by atoms with Gasteiger partial charge in [-0.25, -0.2) is 9.78 Å². The Labute approximate surface area is 133 Å². The van der Waals surface area contributed by atoms with Gasteiger partial charge < -0.3 is 4.74 Å². The van der Waals surface area contributed by atoms with E-state index in [9.17, 15) is 9.59 Å². The SMILES string of the molecule is Cc1cccc(C)c1OC(=O)Cn1cnc2ccccc2c1=O. The third kappa shape index (κ3) is 2.99. The number of hydrogen-bond acceptors (Lipinski definition) is 4. The first-order chi connectivity index (χ1) is 11.1. The highest BCUT2D eigenvalue weighted by Gasteiger charge is 2.12. The fourth-order valence-electron chi connectivity index (χ4n) is 2.46. The fourth-order valence-corrected chi connectivity index (χ4v) is 2.46. The molecule has 0 aliphatic rings. The molecule has 1 heterocycles. The number of carbonyl (C=O) groups is 1. The molecule has 0 bridgehead atoms. The maximum absolute atomic E-state index is 12.4. The molecule has 0 fully saturated rings. The summed E-state index contributed by atoms with van der Waals surface area (Å²) < 4.78 is 6.68. The summed E-state index contributed by atoms with van der Waals surface area (Å²) in [6.45, 7) is 3.57. The molecule has 2 aromatic carbocycles. The lowest BCUT2D eigenvalue weighted by Crippen LogP contribution is -2.27. The minimum atomic E-state index is -0.499. The number of nitrogens with zero attached hydrogens (tertiary/aromatic N) is 2. The van der Waals surface area contributed by atoms with Crippen LogP contribution in [0.3, 0.4) is 0 Å². The number of ether oxygens (including phenoxy) is 1. The first kappa shape index (κ1) is 15.0. The number of esters is 1. The maximum atomic E-state index is 12.4. The number of rotatable bonds is 3. The first-order valence-electron chi connectivity index (χ1n) is 7.27. The molecule has 116 valence electrons. The quantitative estimate of drug-likeness (QED) is 0.551. The smallest absolute Gasteiger partial charge is 0.331 e. The van der Waals surface area contributed by atoms with Gasteiger partial charge in [0.1, 0.15) is 12.3 Å². The lowest BCUT2D eigenvalue weighted by Gasteiger charge is -2.11. The van der Waals surface area contributed by atoms with E-state index in [1.807, 2.05) is 38.1 Å². The van der Waals surface area contributed by atoms with Crippen LogP contribution in [0.4, 0.5) is 0 Å². The molecule has 3 rings (SSSR count). The molecule has 3 aromatic rings. The van der Waals surface area contributed by atoms with Crippen LogP contribution in [0.5, 0.6) is 5.75 Å². The number of carbonyl (C=O) groups excluding carboxylic acids is 1. The molecule has 0 aliphatic heterocycles. The van der Waals surface area contributed by atoms with Crippen molar-refractivity contribution < 1.29 is 9.53 Å². The summed E-state index contributed by atoms with van der Waals surface area (Å²) in [4.78, 5) is 28.7. The Balaban J connectivity index is 1.86. The average molecular weight is 308 g/mol. The van der Waals surface area contributed by atoms with Crippen LogP contribution >= 0.6 is 0 Å². The second-order valence-electron chi connectivity index (χ2n) is 5.39. The second kappa shape index (κ2) is 6.04. The molecule has 5 heteroatoms. The van der Waals surface area contributed by atoms with Crippen molar-refractivity contribution in [1.82, 2.24) is 9.55 Å². The molecule has 0 spiro atoms. The van der Waals surface area contributed by atoms with Crippen LogP contribution < -0.4 is 10.3 Å². The van der Waals surface area contributed by atoms with Crippen LogP contribution in [0.15, 0.2) is 53.6 Å². The van der Waals surface area contributed by atoms with E-state index in [-0.39, 0.29) is 12.1 Å². The van der Waals surface area contributed by atoms with E-state index in [4.69, 9.17) is 4.74 Å². The van der Waals surface area contributed by atoms with Crippen molar-refractivity contribution in [2.24, 2.45) is 0 Å². The number of para-hydroxylation sites is 2. The standard InChI is InChI=1S/C18H16N2O3/c1-12-6-5-7-13(2)17(12)23-16(21)10-20-11-19-15-9-4-3-8-14(15)18(20)22/h3-9,11H,10H2,1-2H3. The molecule has 0 atom stereocenters. The zero-order valence-electron chi connectivity index (χ0n) is 12.9. The monoisotopic (exact) mass is 308 g/mol. The largest absolute Gasteiger partial charge is 0.425 e. The van der Waals surface area contributed by atoms with Crippen LogP contribution in [0, 0.1) is 13.8 Å². The van der Waals surface area contributed by atoms with E-state index in [1.54, 1.807) is 18.2 Å². The van der Waals surface area contributed by atoms with Gasteiger partial charge in [0.2, 0.25) is 0 Å². The molecule has 23 heavy (non-hydrogen) atoms. The van der Waals surface area contributed by atoms with Crippen molar-refractivity contribution in [3.63, 3.8) is 0 Å². The lowest BCUT2D eigenvalue weighted by molar-refractivity contribution is -0.135. The Morgan fingerprint density at radius 1 is 1.09 bits per heavy atom. The number of aromatic nitrogens is 2. The lowest BCUT2D eigenvalue weighted by atomic mass is 10.1. The van der Waals surface area contributed by atoms with Crippen LogP contribution in [0.2, 0.25) is 0 Å². The normalized spacial score (nSPS) is 10.7. The van der Waals surface area contributed by atoms with Gasteiger partial charge in [-0.2, -0.15) is 0 Å². The van der Waals surface area contributed by atoms with E-state index in [1.165, 1.54) is 10.9 Å². The van der Waals surface area contributed by atoms with Gasteiger partial charge in [0.15, 0.2) is 0 Å². The second-order valence-corrected chi connectivity index (χ2v) is 5.39. The van der Waals surface area contributed by atoms with Crippen LogP contribution in [-0.2, 0) is 11.3 Å². The Bertz CT molecular complexity index is 924. The van der Waals surface area contributed by atoms with E-state index >= 15 is 0 Å². The maximum Gasteiger partial charge on any atom is 0.331 e. The van der Waals surface area contributed by atoms with E-state index < -0.39 is 5.97 Å². The molecule has 0 radical (unpaired) electrons. The number of aryl methyl sites for hydroxylation is 2. The first-order valence-corrected chi connectivity index (χ1v) is 7.27. The average Bonchev–Trinajstić information content (AvgIpc) is 2.54. The summed E-state index contributed by atoms with van der Waals surface area (Å²) in [7, 11) is 0. The summed E-state index contributed by atoms with van der Waals surface area (Å²) >= 11 is 0. The summed E-state index contributed by atoms with van der Waals surface area (Å²) in [5.74, 6) is 0.0425. The molecule has 0 saturated heterocycles. The predicted molar refractivity (Wildman–Crippen MR) is 87.6 cm³/mol. The third-order valence-corrected chi connectivity index (χ3v) is 3.66. The van der Waals surface area contributed by atoms with Crippen LogP contribution in [0.25, 0.3) is 10.9 Å². The molecule has 0 N–H and O–H groups in total. The minimum Gasteiger partial charge on any atom is -0.425 e. The molecule has 0 unspecified atom stereocenters. The van der Waals surface area contributed by atoms with Gasteiger partial charge in [0.05, 0.1) is 17.2 Å². The summed E-state index contributed by atoms with van der Waals surface area (Å²) in [5, 5.41) is 0.481. The number of hydrogen-bond donors (Lipinski definition) is 0. The minimum absolute atomic E-state index is 0.176. The summed E-state index contributed by atoms with van der Waals surface area (Å²) in [5.41, 5.74) is 2.11. The highest BCUT2D eigenvalue weighted by Crippen LogP contribution is 2.22. The van der Waals surface area contributed by atoms with E-state index in [0.29, 0.717) is 16.7 Å². The third-order valence-electron chi connectivity index (χ3n) is 3.66. The van der Waals surface area contributed by atoms with Gasteiger partial charge in [-0.05, 0) is 37.1 Å². The van der Waals surface area contributed by atoms with Crippen molar-refractivity contribution in [1.29, 1.82) is 0 Å². The van der Waals surface area contributed by atoms with Crippen molar-refractivity contribution >= 4 is 16.9 Å².